The molecule has 3 nitrogen and oxygen atoms in total. The van der Waals surface area contributed by atoms with Gasteiger partial charge in [0.15, 0.2) is 0 Å². The number of imidazole rings is 1. The number of halogens is 1. The Balaban J connectivity index is 1.92. The van der Waals surface area contributed by atoms with Crippen LogP contribution in [0.1, 0.15) is 11.1 Å². The van der Waals surface area contributed by atoms with Crippen molar-refractivity contribution in [1.82, 2.24) is 9.55 Å². The highest BCUT2D eigenvalue weighted by Gasteiger charge is 2.08. The lowest BCUT2D eigenvalue weighted by Crippen LogP contribution is -2.03. The fourth-order valence-electron chi connectivity index (χ4n) is 2.31. The van der Waals surface area contributed by atoms with E-state index in [9.17, 15) is 0 Å². The maximum atomic E-state index is 6.33. The van der Waals surface area contributed by atoms with E-state index >= 15 is 0 Å². The molecule has 0 saturated heterocycles. The van der Waals surface area contributed by atoms with Crippen molar-refractivity contribution in [3.05, 3.63) is 77.1 Å². The molecule has 0 fully saturated rings. The van der Waals surface area contributed by atoms with Gasteiger partial charge in [-0.1, -0.05) is 54.1 Å². The molecular weight excluding hydrogens is 282 g/mol. The van der Waals surface area contributed by atoms with Crippen LogP contribution >= 0.6 is 11.6 Å². The summed E-state index contributed by atoms with van der Waals surface area (Å²) in [6, 6.07) is 16.1. The lowest BCUT2D eigenvalue weighted by molar-refractivity contribution is 0.806. The molecule has 0 atom stereocenters. The maximum Gasteiger partial charge on any atom is 0.140 e. The van der Waals surface area contributed by atoms with Gasteiger partial charge >= 0.3 is 0 Å². The number of nitrogens with two attached hydrogens (primary N) is 1. The molecule has 1 heterocycles. The van der Waals surface area contributed by atoms with Crippen LogP contribution in [0.15, 0.2) is 60.9 Å². The zero-order valence-corrected chi connectivity index (χ0v) is 12.3. The SMILES string of the molecule is NCc1ccc(Cn2ccnc2-c2ccccc2)c(Cl)c1. The number of nitrogens with zero attached hydrogens (tertiary/aromatic N) is 2. The lowest BCUT2D eigenvalue weighted by atomic mass is 10.1. The molecular formula is C17H16ClN3. The molecule has 0 spiro atoms. The lowest BCUT2D eigenvalue weighted by Gasteiger charge is -2.10. The minimum absolute atomic E-state index is 0.500. The number of aromatic nitrogens is 2. The third-order valence-corrected chi connectivity index (χ3v) is 3.79. The summed E-state index contributed by atoms with van der Waals surface area (Å²) < 4.78 is 2.10. The van der Waals surface area contributed by atoms with Crippen molar-refractivity contribution in [2.24, 2.45) is 5.73 Å². The van der Waals surface area contributed by atoms with E-state index in [0.717, 1.165) is 27.5 Å². The van der Waals surface area contributed by atoms with Crippen LogP contribution in [0.4, 0.5) is 0 Å². The Kier molecular flexibility index (Phi) is 4.04. The van der Waals surface area contributed by atoms with Crippen molar-refractivity contribution in [3.63, 3.8) is 0 Å². The van der Waals surface area contributed by atoms with E-state index in [1.807, 2.05) is 48.8 Å². The number of hydrogen-bond acceptors (Lipinski definition) is 2. The predicted molar refractivity (Wildman–Crippen MR) is 86.1 cm³/mol. The van der Waals surface area contributed by atoms with Crippen molar-refractivity contribution in [2.75, 3.05) is 0 Å². The molecule has 0 aliphatic heterocycles. The molecule has 1 aromatic heterocycles. The Morgan fingerprint density at radius 1 is 1.10 bits per heavy atom. The van der Waals surface area contributed by atoms with Crippen LogP contribution in [0, 0.1) is 0 Å². The highest BCUT2D eigenvalue weighted by atomic mass is 35.5. The Morgan fingerprint density at radius 3 is 2.62 bits per heavy atom. The molecule has 0 saturated carbocycles. The average Bonchev–Trinajstić information content (AvgIpc) is 2.98. The van der Waals surface area contributed by atoms with Gasteiger partial charge in [0.2, 0.25) is 0 Å². The van der Waals surface area contributed by atoms with Crippen molar-refractivity contribution >= 4 is 11.6 Å². The molecule has 3 aromatic rings. The van der Waals surface area contributed by atoms with Crippen molar-refractivity contribution < 1.29 is 0 Å². The normalized spacial score (nSPS) is 10.8. The van der Waals surface area contributed by atoms with Crippen molar-refractivity contribution in [1.29, 1.82) is 0 Å². The van der Waals surface area contributed by atoms with Gasteiger partial charge in [-0.05, 0) is 17.2 Å². The molecule has 0 amide bonds. The van der Waals surface area contributed by atoms with E-state index in [2.05, 4.69) is 21.7 Å². The first-order valence-corrected chi connectivity index (χ1v) is 7.19. The zero-order valence-electron chi connectivity index (χ0n) is 11.5. The molecule has 3 rings (SSSR count). The van der Waals surface area contributed by atoms with E-state index in [-0.39, 0.29) is 0 Å². The van der Waals surface area contributed by atoms with Gasteiger partial charge in [0.05, 0.1) is 6.54 Å². The van der Waals surface area contributed by atoms with Crippen LogP contribution < -0.4 is 5.73 Å². The highest BCUT2D eigenvalue weighted by molar-refractivity contribution is 6.31. The van der Waals surface area contributed by atoms with Gasteiger partial charge in [-0.15, -0.1) is 0 Å². The fourth-order valence-corrected chi connectivity index (χ4v) is 2.58. The van der Waals surface area contributed by atoms with E-state index in [0.29, 0.717) is 13.1 Å². The number of rotatable bonds is 4. The molecule has 2 aromatic carbocycles. The molecule has 0 aliphatic rings. The molecule has 0 bridgehead atoms. The van der Waals surface area contributed by atoms with E-state index in [1.54, 1.807) is 0 Å². The molecule has 21 heavy (non-hydrogen) atoms. The summed E-state index contributed by atoms with van der Waals surface area (Å²) in [6.45, 7) is 1.19. The third-order valence-electron chi connectivity index (χ3n) is 3.44. The summed E-state index contributed by atoms with van der Waals surface area (Å²) in [5.41, 5.74) is 8.82. The fraction of sp³-hybridized carbons (Fsp3) is 0.118. The Morgan fingerprint density at radius 2 is 1.90 bits per heavy atom. The average molecular weight is 298 g/mol. The minimum Gasteiger partial charge on any atom is -0.327 e. The van der Waals surface area contributed by atoms with Crippen LogP contribution in [0.25, 0.3) is 11.4 Å². The second-order valence-corrected chi connectivity index (χ2v) is 5.28. The summed E-state index contributed by atoms with van der Waals surface area (Å²) in [5.74, 6) is 0.939. The minimum atomic E-state index is 0.500. The van der Waals surface area contributed by atoms with Crippen molar-refractivity contribution in [2.45, 2.75) is 13.1 Å². The largest absolute Gasteiger partial charge is 0.327 e. The number of hydrogen-bond donors (Lipinski definition) is 1. The number of benzene rings is 2. The standard InChI is InChI=1S/C17H16ClN3/c18-16-10-13(11-19)6-7-15(16)12-21-9-8-20-17(21)14-4-2-1-3-5-14/h1-10H,11-12,19H2. The molecule has 4 heteroatoms. The Labute approximate surface area is 129 Å². The van der Waals surface area contributed by atoms with E-state index in [4.69, 9.17) is 17.3 Å². The first-order valence-electron chi connectivity index (χ1n) is 6.82. The quantitative estimate of drug-likeness (QED) is 0.798. The molecule has 0 aliphatic carbocycles. The van der Waals surface area contributed by atoms with Gasteiger partial charge in [-0.3, -0.25) is 0 Å². The van der Waals surface area contributed by atoms with E-state index in [1.165, 1.54) is 0 Å². The van der Waals surface area contributed by atoms with Gasteiger partial charge < -0.3 is 10.3 Å². The second kappa shape index (κ2) is 6.12. The topological polar surface area (TPSA) is 43.8 Å². The van der Waals surface area contributed by atoms with Gasteiger partial charge in [0.1, 0.15) is 5.82 Å². The third kappa shape index (κ3) is 2.99. The molecule has 0 radical (unpaired) electrons. The van der Waals surface area contributed by atoms with Gasteiger partial charge in [-0.25, -0.2) is 4.98 Å². The second-order valence-electron chi connectivity index (χ2n) is 4.87. The first-order chi connectivity index (χ1) is 10.3. The van der Waals surface area contributed by atoms with Crippen molar-refractivity contribution in [3.8, 4) is 11.4 Å². The Bertz CT molecular complexity index is 735. The van der Waals surface area contributed by atoms with Crippen LogP contribution in [0.5, 0.6) is 0 Å². The molecule has 0 unspecified atom stereocenters. The molecule has 106 valence electrons. The summed E-state index contributed by atoms with van der Waals surface area (Å²) in [5, 5.41) is 0.741. The highest BCUT2D eigenvalue weighted by Crippen LogP contribution is 2.22. The van der Waals surface area contributed by atoms with Gasteiger partial charge in [0.25, 0.3) is 0 Å². The summed E-state index contributed by atoms with van der Waals surface area (Å²) in [6.07, 6.45) is 3.78. The van der Waals surface area contributed by atoms with Crippen LogP contribution in [-0.4, -0.2) is 9.55 Å². The first kappa shape index (κ1) is 13.9. The smallest absolute Gasteiger partial charge is 0.140 e. The van der Waals surface area contributed by atoms with Gasteiger partial charge in [-0.2, -0.15) is 0 Å². The van der Waals surface area contributed by atoms with Crippen LogP contribution in [0.2, 0.25) is 5.02 Å². The van der Waals surface area contributed by atoms with Crippen LogP contribution in [-0.2, 0) is 13.1 Å². The summed E-state index contributed by atoms with van der Waals surface area (Å²) in [4.78, 5) is 4.45. The van der Waals surface area contributed by atoms with Gasteiger partial charge in [0, 0.05) is 29.5 Å². The molecule has 2 N–H and O–H groups in total. The summed E-state index contributed by atoms with van der Waals surface area (Å²) in [7, 11) is 0. The monoisotopic (exact) mass is 297 g/mol. The zero-order chi connectivity index (χ0) is 14.7. The van der Waals surface area contributed by atoms with E-state index < -0.39 is 0 Å². The van der Waals surface area contributed by atoms with Crippen LogP contribution in [0.3, 0.4) is 0 Å². The Hall–Kier alpha value is -2.10. The predicted octanol–water partition coefficient (Wildman–Crippen LogP) is 3.71. The maximum absolute atomic E-state index is 6.33. The summed E-state index contributed by atoms with van der Waals surface area (Å²) >= 11 is 6.33.